The molecule has 0 saturated carbocycles. The first-order chi connectivity index (χ1) is 7.41. The molecule has 5 heteroatoms. The monoisotopic (exact) mass is 260 g/mol. The summed E-state index contributed by atoms with van der Waals surface area (Å²) in [6.45, 7) is 1.48. The number of rotatable bonds is 4. The number of carbonyl (C=O) groups excluding carboxylic acids is 1. The molecular formula is C11H10Cl2O3. The summed E-state index contributed by atoms with van der Waals surface area (Å²) in [5.41, 5.74) is 0.305. The summed E-state index contributed by atoms with van der Waals surface area (Å²) >= 11 is 11.5. The van der Waals surface area contributed by atoms with E-state index in [1.165, 1.54) is 19.1 Å². The van der Waals surface area contributed by atoms with Gasteiger partial charge in [-0.3, -0.25) is 9.59 Å². The fraction of sp³-hybridized carbons (Fsp3) is 0.273. The van der Waals surface area contributed by atoms with Crippen molar-refractivity contribution >= 4 is 35.0 Å². The van der Waals surface area contributed by atoms with Crippen molar-refractivity contribution in [3.05, 3.63) is 33.8 Å². The first kappa shape index (κ1) is 13.0. The Morgan fingerprint density at radius 3 is 2.50 bits per heavy atom. The van der Waals surface area contributed by atoms with Crippen LogP contribution in [0.3, 0.4) is 0 Å². The molecule has 0 aliphatic heterocycles. The molecule has 0 spiro atoms. The van der Waals surface area contributed by atoms with Gasteiger partial charge in [0.2, 0.25) is 0 Å². The average Bonchev–Trinajstić information content (AvgIpc) is 2.16. The van der Waals surface area contributed by atoms with Crippen LogP contribution < -0.4 is 0 Å². The number of Topliss-reactive ketones (excluding diaryl/α,β-unsaturated/α-hetero) is 1. The van der Waals surface area contributed by atoms with Crippen molar-refractivity contribution < 1.29 is 14.7 Å². The molecule has 1 atom stereocenters. The number of benzene rings is 1. The van der Waals surface area contributed by atoms with Gasteiger partial charge in [0.15, 0.2) is 5.78 Å². The number of carbonyl (C=O) groups is 2. The number of hydrogen-bond acceptors (Lipinski definition) is 2. The summed E-state index contributed by atoms with van der Waals surface area (Å²) in [6.07, 6.45) is -0.0727. The molecule has 16 heavy (non-hydrogen) atoms. The van der Waals surface area contributed by atoms with Gasteiger partial charge in [-0.25, -0.2) is 0 Å². The molecule has 1 N–H and O–H groups in total. The van der Waals surface area contributed by atoms with Crippen LogP contribution in [-0.4, -0.2) is 16.9 Å². The maximum absolute atomic E-state index is 11.7. The third-order valence-corrected chi connectivity index (χ3v) is 2.69. The predicted molar refractivity (Wildman–Crippen MR) is 62.2 cm³/mol. The Balaban J connectivity index is 2.85. The highest BCUT2D eigenvalue weighted by Gasteiger charge is 2.18. The van der Waals surface area contributed by atoms with Crippen molar-refractivity contribution in [3.8, 4) is 0 Å². The zero-order valence-electron chi connectivity index (χ0n) is 8.54. The summed E-state index contributed by atoms with van der Waals surface area (Å²) < 4.78 is 0. The zero-order valence-corrected chi connectivity index (χ0v) is 10.0. The third-order valence-electron chi connectivity index (χ3n) is 2.14. The van der Waals surface area contributed by atoms with E-state index < -0.39 is 11.9 Å². The molecule has 0 amide bonds. The second kappa shape index (κ2) is 5.32. The molecule has 1 unspecified atom stereocenters. The average molecular weight is 261 g/mol. The summed E-state index contributed by atoms with van der Waals surface area (Å²) in [7, 11) is 0. The molecule has 3 nitrogen and oxygen atoms in total. The molecule has 0 bridgehead atoms. The fourth-order valence-corrected chi connectivity index (χ4v) is 1.70. The second-order valence-corrected chi connectivity index (χ2v) is 4.33. The van der Waals surface area contributed by atoms with E-state index in [1.807, 2.05) is 0 Å². The smallest absolute Gasteiger partial charge is 0.306 e. The fourth-order valence-electron chi connectivity index (χ4n) is 1.19. The van der Waals surface area contributed by atoms with Gasteiger partial charge in [-0.1, -0.05) is 30.1 Å². The maximum atomic E-state index is 11.7. The summed E-state index contributed by atoms with van der Waals surface area (Å²) in [4.78, 5) is 22.3. The van der Waals surface area contributed by atoms with E-state index >= 15 is 0 Å². The lowest BCUT2D eigenvalue weighted by Crippen LogP contribution is -2.14. The Bertz CT molecular complexity index is 429. The van der Waals surface area contributed by atoms with Crippen LogP contribution in [0.5, 0.6) is 0 Å². The Labute approximate surface area is 103 Å². The van der Waals surface area contributed by atoms with Crippen LogP contribution in [-0.2, 0) is 4.79 Å². The van der Waals surface area contributed by atoms with E-state index in [2.05, 4.69) is 0 Å². The molecule has 0 fully saturated rings. The SMILES string of the molecule is CC(CC(=O)c1ccc(Cl)cc1Cl)C(=O)O. The first-order valence-corrected chi connectivity index (χ1v) is 5.38. The number of hydrogen-bond donors (Lipinski definition) is 1. The minimum absolute atomic E-state index is 0.0727. The van der Waals surface area contributed by atoms with Gasteiger partial charge in [0.1, 0.15) is 0 Å². The summed E-state index contributed by atoms with van der Waals surface area (Å²) in [5.74, 6) is -2.02. The first-order valence-electron chi connectivity index (χ1n) is 4.63. The topological polar surface area (TPSA) is 54.4 Å². The lowest BCUT2D eigenvalue weighted by molar-refractivity contribution is -0.141. The van der Waals surface area contributed by atoms with Crippen molar-refractivity contribution in [3.63, 3.8) is 0 Å². The molecule has 86 valence electrons. The van der Waals surface area contributed by atoms with Gasteiger partial charge in [-0.15, -0.1) is 0 Å². The Morgan fingerprint density at radius 1 is 1.38 bits per heavy atom. The van der Waals surface area contributed by atoms with Crippen LogP contribution in [0.15, 0.2) is 18.2 Å². The van der Waals surface area contributed by atoms with Gasteiger partial charge in [0.25, 0.3) is 0 Å². The largest absolute Gasteiger partial charge is 0.481 e. The lowest BCUT2D eigenvalue weighted by Gasteiger charge is -2.06. The van der Waals surface area contributed by atoms with Gasteiger partial charge in [0, 0.05) is 17.0 Å². The van der Waals surface area contributed by atoms with Crippen LogP contribution in [0.2, 0.25) is 10.0 Å². The highest BCUT2D eigenvalue weighted by Crippen LogP contribution is 2.23. The van der Waals surface area contributed by atoms with Crippen molar-refractivity contribution in [1.82, 2.24) is 0 Å². The summed E-state index contributed by atoms with van der Waals surface area (Å²) in [5, 5.41) is 9.37. The van der Waals surface area contributed by atoms with E-state index in [4.69, 9.17) is 28.3 Å². The number of carboxylic acid groups (broad SMARTS) is 1. The number of halogens is 2. The Hall–Kier alpha value is -1.06. The molecular weight excluding hydrogens is 251 g/mol. The van der Waals surface area contributed by atoms with Crippen LogP contribution in [0.1, 0.15) is 23.7 Å². The van der Waals surface area contributed by atoms with Crippen LogP contribution in [0, 0.1) is 5.92 Å². The lowest BCUT2D eigenvalue weighted by atomic mass is 10.00. The standard InChI is InChI=1S/C11H10Cl2O3/c1-6(11(15)16)4-10(14)8-3-2-7(12)5-9(8)13/h2-3,5-6H,4H2,1H3,(H,15,16). The van der Waals surface area contributed by atoms with Crippen LogP contribution in [0.4, 0.5) is 0 Å². The third kappa shape index (κ3) is 3.22. The maximum Gasteiger partial charge on any atom is 0.306 e. The van der Waals surface area contributed by atoms with Gasteiger partial charge >= 0.3 is 5.97 Å². The minimum Gasteiger partial charge on any atom is -0.481 e. The van der Waals surface area contributed by atoms with Crippen molar-refractivity contribution in [2.75, 3.05) is 0 Å². The number of ketones is 1. The van der Waals surface area contributed by atoms with Gasteiger partial charge < -0.3 is 5.11 Å². The molecule has 1 aromatic rings. The molecule has 0 aromatic heterocycles. The van der Waals surface area contributed by atoms with Crippen LogP contribution in [0.25, 0.3) is 0 Å². The molecule has 0 heterocycles. The summed E-state index contributed by atoms with van der Waals surface area (Å²) in [6, 6.07) is 4.51. The normalized spacial score (nSPS) is 12.2. The van der Waals surface area contributed by atoms with E-state index in [9.17, 15) is 9.59 Å². The molecule has 0 saturated heterocycles. The van der Waals surface area contributed by atoms with Gasteiger partial charge in [-0.05, 0) is 18.2 Å². The number of carboxylic acids is 1. The number of aliphatic carboxylic acids is 1. The molecule has 1 rings (SSSR count). The quantitative estimate of drug-likeness (QED) is 0.846. The van der Waals surface area contributed by atoms with E-state index in [0.29, 0.717) is 10.6 Å². The minimum atomic E-state index is -1.00. The van der Waals surface area contributed by atoms with Gasteiger partial charge in [-0.2, -0.15) is 0 Å². The van der Waals surface area contributed by atoms with Gasteiger partial charge in [0.05, 0.1) is 10.9 Å². The van der Waals surface area contributed by atoms with E-state index in [0.717, 1.165) is 0 Å². The molecule has 0 aliphatic carbocycles. The zero-order chi connectivity index (χ0) is 12.3. The predicted octanol–water partition coefficient (Wildman–Crippen LogP) is 3.29. The molecule has 0 aliphatic rings. The van der Waals surface area contributed by atoms with Crippen molar-refractivity contribution in [1.29, 1.82) is 0 Å². The molecule has 1 aromatic carbocycles. The molecule has 0 radical (unpaired) electrons. The second-order valence-electron chi connectivity index (χ2n) is 3.49. The highest BCUT2D eigenvalue weighted by molar-refractivity contribution is 6.36. The highest BCUT2D eigenvalue weighted by atomic mass is 35.5. The Kier molecular flexibility index (Phi) is 4.33. The Morgan fingerprint density at radius 2 is 2.00 bits per heavy atom. The van der Waals surface area contributed by atoms with Crippen molar-refractivity contribution in [2.24, 2.45) is 5.92 Å². The van der Waals surface area contributed by atoms with E-state index in [-0.39, 0.29) is 17.2 Å². The van der Waals surface area contributed by atoms with Crippen LogP contribution >= 0.6 is 23.2 Å². The van der Waals surface area contributed by atoms with E-state index in [1.54, 1.807) is 6.07 Å². The van der Waals surface area contributed by atoms with Crippen molar-refractivity contribution in [2.45, 2.75) is 13.3 Å².